The number of piperazine rings is 1. The highest BCUT2D eigenvalue weighted by Gasteiger charge is 2.27. The summed E-state index contributed by atoms with van der Waals surface area (Å²) in [6.45, 7) is 4.38. The van der Waals surface area contributed by atoms with E-state index in [0.29, 0.717) is 44.3 Å². The topological polar surface area (TPSA) is 108 Å². The van der Waals surface area contributed by atoms with Crippen LogP contribution in [0.4, 0.5) is 14.5 Å². The number of pyridine rings is 1. The summed E-state index contributed by atoms with van der Waals surface area (Å²) in [7, 11) is 0. The minimum atomic E-state index is -1.47. The average molecular weight is 492 g/mol. The van der Waals surface area contributed by atoms with Crippen LogP contribution < -0.4 is 15.6 Å². The van der Waals surface area contributed by atoms with Gasteiger partial charge in [-0.15, -0.1) is 11.3 Å². The quantitative estimate of drug-likeness (QED) is 0.518. The van der Waals surface area contributed by atoms with Crippen LogP contribution >= 0.6 is 11.3 Å². The maximum Gasteiger partial charge on any atom is 0.341 e. The number of anilines is 1. The number of aromatic carboxylic acids is 1. The van der Waals surface area contributed by atoms with Crippen molar-refractivity contribution in [3.8, 4) is 0 Å². The number of fused-ring (bicyclic) bond motifs is 1. The molecule has 12 heteroatoms. The molecule has 0 aliphatic carbocycles. The first-order valence-corrected chi connectivity index (χ1v) is 11.5. The Morgan fingerprint density at radius 3 is 2.59 bits per heavy atom. The molecule has 2 N–H and O–H groups in total. The molecular weight excluding hydrogens is 468 g/mol. The zero-order chi connectivity index (χ0) is 24.4. The van der Waals surface area contributed by atoms with Gasteiger partial charge < -0.3 is 19.9 Å². The summed E-state index contributed by atoms with van der Waals surface area (Å²) in [6.07, 6.45) is 2.65. The Bertz CT molecular complexity index is 1290. The second-order valence-corrected chi connectivity index (χ2v) is 8.94. The fraction of sp³-hybridized carbons (Fsp3) is 0.364. The van der Waals surface area contributed by atoms with Crippen molar-refractivity contribution in [2.24, 2.45) is 0 Å². The Morgan fingerprint density at radius 1 is 1.24 bits per heavy atom. The van der Waals surface area contributed by atoms with E-state index in [1.807, 2.05) is 0 Å². The number of hydrogen-bond donors (Lipinski definition) is 2. The van der Waals surface area contributed by atoms with Crippen LogP contribution in [0.1, 0.15) is 22.3 Å². The first kappa shape index (κ1) is 23.8. The third-order valence-electron chi connectivity index (χ3n) is 5.74. The number of rotatable bonds is 7. The number of halogens is 2. The number of aromatic nitrogens is 2. The van der Waals surface area contributed by atoms with E-state index in [0.717, 1.165) is 12.3 Å². The standard InChI is InChI=1S/C22H23F2N5O4S/c1-13(30)25-2-4-27-5-7-28(8-6-27)20-16(23)10-14-19(18(20)24)29(12-17-26-3-9-34-17)11-15(21(14)31)22(32)33/h3,9-11H,2,4-8,12H2,1H3,(H,25,30)(H,32,33). The lowest BCUT2D eigenvalue weighted by Gasteiger charge is -2.36. The Hall–Kier alpha value is -3.38. The van der Waals surface area contributed by atoms with Crippen LogP contribution in [0.25, 0.3) is 10.9 Å². The highest BCUT2D eigenvalue weighted by molar-refractivity contribution is 7.09. The van der Waals surface area contributed by atoms with Crippen molar-refractivity contribution < 1.29 is 23.5 Å². The van der Waals surface area contributed by atoms with Gasteiger partial charge in [-0.25, -0.2) is 18.6 Å². The van der Waals surface area contributed by atoms with Crippen LogP contribution in [0.15, 0.2) is 28.6 Å². The maximum atomic E-state index is 15.8. The molecule has 34 heavy (non-hydrogen) atoms. The molecule has 1 amide bonds. The van der Waals surface area contributed by atoms with Crippen molar-refractivity contribution in [1.82, 2.24) is 19.8 Å². The first-order valence-electron chi connectivity index (χ1n) is 10.6. The van der Waals surface area contributed by atoms with Crippen molar-refractivity contribution in [2.45, 2.75) is 13.5 Å². The van der Waals surface area contributed by atoms with Crippen molar-refractivity contribution in [3.05, 3.63) is 56.3 Å². The zero-order valence-corrected chi connectivity index (χ0v) is 19.2. The van der Waals surface area contributed by atoms with E-state index in [4.69, 9.17) is 0 Å². The van der Waals surface area contributed by atoms with Crippen LogP contribution in [0.5, 0.6) is 0 Å². The van der Waals surface area contributed by atoms with Crippen molar-refractivity contribution >= 4 is 39.8 Å². The molecule has 1 saturated heterocycles. The van der Waals surface area contributed by atoms with Gasteiger partial charge >= 0.3 is 5.97 Å². The number of carbonyl (C=O) groups is 2. The second-order valence-electron chi connectivity index (χ2n) is 7.96. The molecule has 2 aromatic heterocycles. The van der Waals surface area contributed by atoms with Gasteiger partial charge in [0, 0.05) is 64.0 Å². The Labute approximate surface area is 197 Å². The Morgan fingerprint density at radius 2 is 1.97 bits per heavy atom. The fourth-order valence-electron chi connectivity index (χ4n) is 4.11. The van der Waals surface area contributed by atoms with Gasteiger partial charge in [-0.05, 0) is 6.07 Å². The number of hydrogen-bond acceptors (Lipinski definition) is 7. The molecule has 180 valence electrons. The molecule has 3 aromatic rings. The van der Waals surface area contributed by atoms with Crippen LogP contribution in [0.2, 0.25) is 0 Å². The summed E-state index contributed by atoms with van der Waals surface area (Å²) in [5.41, 5.74) is -1.91. The van der Waals surface area contributed by atoms with Crippen LogP contribution in [0.3, 0.4) is 0 Å². The van der Waals surface area contributed by atoms with E-state index in [1.165, 1.54) is 22.8 Å². The minimum absolute atomic E-state index is 0.0354. The molecule has 1 aliphatic rings. The third-order valence-corrected chi connectivity index (χ3v) is 6.50. The summed E-state index contributed by atoms with van der Waals surface area (Å²) in [5.74, 6) is -3.42. The lowest BCUT2D eigenvalue weighted by molar-refractivity contribution is -0.119. The molecule has 0 radical (unpaired) electrons. The SMILES string of the molecule is CC(=O)NCCN1CCN(c2c(F)cc3c(=O)c(C(=O)O)cn(Cc4nccs4)c3c2F)CC1. The summed E-state index contributed by atoms with van der Waals surface area (Å²) in [5, 5.41) is 14.1. The fourth-order valence-corrected chi connectivity index (χ4v) is 4.72. The van der Waals surface area contributed by atoms with Crippen LogP contribution in [-0.2, 0) is 11.3 Å². The molecular formula is C22H23F2N5O4S. The maximum absolute atomic E-state index is 15.8. The summed E-state index contributed by atoms with van der Waals surface area (Å²) in [6, 6.07) is 0.921. The van der Waals surface area contributed by atoms with E-state index in [1.54, 1.807) is 16.5 Å². The summed E-state index contributed by atoms with van der Waals surface area (Å²) >= 11 is 1.30. The molecule has 0 saturated carbocycles. The summed E-state index contributed by atoms with van der Waals surface area (Å²) in [4.78, 5) is 43.2. The lowest BCUT2D eigenvalue weighted by Crippen LogP contribution is -2.49. The van der Waals surface area contributed by atoms with Crippen LogP contribution in [0, 0.1) is 11.6 Å². The lowest BCUT2D eigenvalue weighted by atomic mass is 10.1. The van der Waals surface area contributed by atoms with E-state index < -0.39 is 28.6 Å². The zero-order valence-electron chi connectivity index (χ0n) is 18.4. The smallest absolute Gasteiger partial charge is 0.341 e. The molecule has 9 nitrogen and oxygen atoms in total. The number of carboxylic acids is 1. The average Bonchev–Trinajstić information content (AvgIpc) is 3.29. The van der Waals surface area contributed by atoms with Crippen molar-refractivity contribution in [2.75, 3.05) is 44.2 Å². The van der Waals surface area contributed by atoms with Gasteiger partial charge in [-0.3, -0.25) is 14.5 Å². The van der Waals surface area contributed by atoms with Gasteiger partial charge in [0.05, 0.1) is 17.4 Å². The predicted octanol–water partition coefficient (Wildman–Crippen LogP) is 1.74. The number of carboxylic acid groups (broad SMARTS) is 1. The first-order chi connectivity index (χ1) is 16.3. The van der Waals surface area contributed by atoms with Crippen molar-refractivity contribution in [3.63, 3.8) is 0 Å². The number of benzene rings is 1. The van der Waals surface area contributed by atoms with E-state index >= 15 is 8.78 Å². The minimum Gasteiger partial charge on any atom is -0.477 e. The largest absolute Gasteiger partial charge is 0.477 e. The van der Waals surface area contributed by atoms with E-state index in [-0.39, 0.29) is 29.0 Å². The number of carbonyl (C=O) groups excluding carboxylic acids is 1. The van der Waals surface area contributed by atoms with E-state index in [9.17, 15) is 19.5 Å². The molecule has 0 unspecified atom stereocenters. The normalized spacial score (nSPS) is 14.5. The van der Waals surface area contributed by atoms with Gasteiger partial charge in [0.2, 0.25) is 11.3 Å². The monoisotopic (exact) mass is 491 g/mol. The highest BCUT2D eigenvalue weighted by Crippen LogP contribution is 2.31. The van der Waals surface area contributed by atoms with Gasteiger partial charge in [-0.2, -0.15) is 0 Å². The molecule has 1 fully saturated rings. The molecule has 3 heterocycles. The predicted molar refractivity (Wildman–Crippen MR) is 124 cm³/mol. The van der Waals surface area contributed by atoms with Gasteiger partial charge in [-0.1, -0.05) is 0 Å². The van der Waals surface area contributed by atoms with Crippen LogP contribution in [-0.4, -0.2) is 70.7 Å². The van der Waals surface area contributed by atoms with Crippen molar-refractivity contribution in [1.29, 1.82) is 0 Å². The van der Waals surface area contributed by atoms with Gasteiger partial charge in [0.15, 0.2) is 5.82 Å². The highest BCUT2D eigenvalue weighted by atomic mass is 32.1. The molecule has 1 aliphatic heterocycles. The number of thiazole rings is 1. The molecule has 1 aromatic carbocycles. The number of nitrogens with zero attached hydrogens (tertiary/aromatic N) is 4. The Kier molecular flexibility index (Phi) is 6.89. The molecule has 0 spiro atoms. The number of nitrogens with one attached hydrogen (secondary N) is 1. The molecule has 4 rings (SSSR count). The summed E-state index contributed by atoms with van der Waals surface area (Å²) < 4.78 is 32.3. The van der Waals surface area contributed by atoms with Gasteiger partial charge in [0.25, 0.3) is 0 Å². The molecule has 0 atom stereocenters. The third kappa shape index (κ3) is 4.77. The van der Waals surface area contributed by atoms with Gasteiger partial charge in [0.1, 0.15) is 22.1 Å². The second kappa shape index (κ2) is 9.85. The van der Waals surface area contributed by atoms with E-state index in [2.05, 4.69) is 15.2 Å². The number of amides is 1. The molecule has 0 bridgehead atoms. The Balaban J connectivity index is 1.70.